The van der Waals surface area contributed by atoms with Crippen molar-refractivity contribution < 1.29 is 19.8 Å². The van der Waals surface area contributed by atoms with Crippen LogP contribution in [0.1, 0.15) is 31.8 Å². The Labute approximate surface area is 175 Å². The molecule has 0 atom stereocenters. The van der Waals surface area contributed by atoms with Crippen LogP contribution in [0.5, 0.6) is 0 Å². The van der Waals surface area contributed by atoms with Crippen LogP contribution in [0.25, 0.3) is 0 Å². The molecule has 0 fully saturated rings. The number of anilines is 2. The Morgan fingerprint density at radius 2 is 1.03 bits per heavy atom. The number of hydrogen-bond acceptors (Lipinski definition) is 4. The van der Waals surface area contributed by atoms with E-state index in [0.717, 1.165) is 22.5 Å². The molecule has 0 aromatic heterocycles. The van der Waals surface area contributed by atoms with Crippen LogP contribution < -0.4 is 9.80 Å². The molecule has 3 aromatic carbocycles. The number of carbonyl (C=O) groups is 2. The van der Waals surface area contributed by atoms with E-state index in [4.69, 9.17) is 10.2 Å². The van der Waals surface area contributed by atoms with E-state index in [1.165, 1.54) is 0 Å². The largest absolute Gasteiger partial charge is 0.478 e. The van der Waals surface area contributed by atoms with Gasteiger partial charge in [0.2, 0.25) is 0 Å². The Hall–Kier alpha value is -3.80. The summed E-state index contributed by atoms with van der Waals surface area (Å²) in [5.74, 6) is -1.86. The molecule has 0 aliphatic heterocycles. The van der Waals surface area contributed by atoms with Crippen molar-refractivity contribution in [1.29, 1.82) is 0 Å². The Balaban J connectivity index is 1.66. The maximum absolute atomic E-state index is 11.0. The summed E-state index contributed by atoms with van der Waals surface area (Å²) < 4.78 is 0. The normalized spacial score (nSPS) is 10.5. The Morgan fingerprint density at radius 1 is 0.667 bits per heavy atom. The molecular formula is C24H24N2O4. The summed E-state index contributed by atoms with van der Waals surface area (Å²) in [4.78, 5) is 26.1. The van der Waals surface area contributed by atoms with Crippen LogP contribution in [-0.2, 0) is 13.1 Å². The van der Waals surface area contributed by atoms with Crippen LogP contribution in [-0.4, -0.2) is 36.2 Å². The van der Waals surface area contributed by atoms with Crippen LogP contribution in [0.4, 0.5) is 11.4 Å². The monoisotopic (exact) mass is 404 g/mol. The summed E-state index contributed by atoms with van der Waals surface area (Å²) >= 11 is 0. The van der Waals surface area contributed by atoms with Gasteiger partial charge in [0.25, 0.3) is 0 Å². The van der Waals surface area contributed by atoms with Crippen molar-refractivity contribution in [3.8, 4) is 0 Å². The van der Waals surface area contributed by atoms with Gasteiger partial charge in [-0.2, -0.15) is 0 Å². The topological polar surface area (TPSA) is 81.1 Å². The zero-order chi connectivity index (χ0) is 21.7. The van der Waals surface area contributed by atoms with Gasteiger partial charge in [-0.15, -0.1) is 0 Å². The van der Waals surface area contributed by atoms with Gasteiger partial charge in [0, 0.05) is 38.6 Å². The van der Waals surface area contributed by atoms with Gasteiger partial charge in [-0.1, -0.05) is 24.3 Å². The van der Waals surface area contributed by atoms with E-state index in [1.807, 2.05) is 44.4 Å². The molecule has 3 rings (SSSR count). The van der Waals surface area contributed by atoms with Gasteiger partial charge in [-0.05, 0) is 59.7 Å². The molecule has 0 aliphatic carbocycles. The molecule has 0 spiro atoms. The number of benzene rings is 3. The minimum atomic E-state index is -0.932. The highest BCUT2D eigenvalue weighted by Crippen LogP contribution is 2.20. The highest BCUT2D eigenvalue weighted by Gasteiger charge is 2.08. The van der Waals surface area contributed by atoms with Crippen molar-refractivity contribution >= 4 is 23.3 Å². The standard InChI is InChI=1S/C24H24N2O4/c1-25(21-10-6-19(7-11-21)23(27)28)15-17-4-3-5-18(14-17)16-26(2)22-12-8-20(9-13-22)24(29)30/h3-14H,15-16H2,1-2H3,(H,27,28)(H,29,30). The zero-order valence-electron chi connectivity index (χ0n) is 16.9. The minimum Gasteiger partial charge on any atom is -0.478 e. The molecule has 0 saturated carbocycles. The number of rotatable bonds is 8. The van der Waals surface area contributed by atoms with E-state index in [-0.39, 0.29) is 11.1 Å². The molecule has 3 aromatic rings. The molecular weight excluding hydrogens is 380 g/mol. The van der Waals surface area contributed by atoms with Crippen LogP contribution in [0, 0.1) is 0 Å². The lowest BCUT2D eigenvalue weighted by molar-refractivity contribution is 0.0686. The Morgan fingerprint density at radius 3 is 1.37 bits per heavy atom. The van der Waals surface area contributed by atoms with E-state index < -0.39 is 11.9 Å². The first-order valence-corrected chi connectivity index (χ1v) is 9.50. The predicted octanol–water partition coefficient (Wildman–Crippen LogP) is 4.36. The van der Waals surface area contributed by atoms with Gasteiger partial charge >= 0.3 is 11.9 Å². The van der Waals surface area contributed by atoms with Gasteiger partial charge < -0.3 is 20.0 Å². The summed E-state index contributed by atoms with van der Waals surface area (Å²) in [6.07, 6.45) is 0. The van der Waals surface area contributed by atoms with Crippen molar-refractivity contribution in [3.63, 3.8) is 0 Å². The summed E-state index contributed by atoms with van der Waals surface area (Å²) in [5.41, 5.74) is 4.73. The average Bonchev–Trinajstić information content (AvgIpc) is 2.74. The van der Waals surface area contributed by atoms with Crippen molar-refractivity contribution in [1.82, 2.24) is 0 Å². The quantitative estimate of drug-likeness (QED) is 0.581. The lowest BCUT2D eigenvalue weighted by Gasteiger charge is -2.22. The van der Waals surface area contributed by atoms with Gasteiger partial charge in [0.15, 0.2) is 0 Å². The molecule has 0 unspecified atom stereocenters. The number of carboxylic acid groups (broad SMARTS) is 2. The Kier molecular flexibility index (Phi) is 6.37. The number of nitrogens with zero attached hydrogens (tertiary/aromatic N) is 2. The highest BCUT2D eigenvalue weighted by molar-refractivity contribution is 5.88. The molecule has 6 heteroatoms. The lowest BCUT2D eigenvalue weighted by atomic mass is 10.1. The fourth-order valence-corrected chi connectivity index (χ4v) is 3.27. The SMILES string of the molecule is CN(Cc1cccc(CN(C)c2ccc(C(=O)O)cc2)c1)c1ccc(C(=O)O)cc1. The second-order valence-electron chi connectivity index (χ2n) is 7.24. The van der Waals surface area contributed by atoms with Crippen LogP contribution in [0.3, 0.4) is 0 Å². The molecule has 154 valence electrons. The van der Waals surface area contributed by atoms with Gasteiger partial charge in [0.05, 0.1) is 11.1 Å². The van der Waals surface area contributed by atoms with Gasteiger partial charge in [-0.3, -0.25) is 0 Å². The molecule has 2 N–H and O–H groups in total. The highest BCUT2D eigenvalue weighted by atomic mass is 16.4. The predicted molar refractivity (Wildman–Crippen MR) is 117 cm³/mol. The first kappa shape index (κ1) is 20.9. The molecule has 30 heavy (non-hydrogen) atoms. The van der Waals surface area contributed by atoms with Crippen LogP contribution in [0.2, 0.25) is 0 Å². The molecule has 6 nitrogen and oxygen atoms in total. The molecule has 0 radical (unpaired) electrons. The molecule has 0 amide bonds. The van der Waals surface area contributed by atoms with Crippen LogP contribution in [0.15, 0.2) is 72.8 Å². The van der Waals surface area contributed by atoms with Crippen molar-refractivity contribution in [2.75, 3.05) is 23.9 Å². The zero-order valence-corrected chi connectivity index (χ0v) is 16.9. The van der Waals surface area contributed by atoms with Crippen LogP contribution >= 0.6 is 0 Å². The summed E-state index contributed by atoms with van der Waals surface area (Å²) in [6.45, 7) is 1.38. The number of hydrogen-bond donors (Lipinski definition) is 2. The van der Waals surface area contributed by atoms with E-state index in [9.17, 15) is 9.59 Å². The van der Waals surface area contributed by atoms with E-state index in [2.05, 4.69) is 28.0 Å². The summed E-state index contributed by atoms with van der Waals surface area (Å²) in [5, 5.41) is 18.1. The van der Waals surface area contributed by atoms with Gasteiger partial charge in [-0.25, -0.2) is 9.59 Å². The molecule has 0 heterocycles. The van der Waals surface area contributed by atoms with Crippen molar-refractivity contribution in [3.05, 3.63) is 95.1 Å². The third kappa shape index (κ3) is 5.17. The van der Waals surface area contributed by atoms with E-state index in [1.54, 1.807) is 24.3 Å². The molecule has 0 bridgehead atoms. The fourth-order valence-electron chi connectivity index (χ4n) is 3.27. The first-order valence-electron chi connectivity index (χ1n) is 9.50. The fraction of sp³-hybridized carbons (Fsp3) is 0.167. The maximum Gasteiger partial charge on any atom is 0.335 e. The third-order valence-corrected chi connectivity index (χ3v) is 4.94. The number of carboxylic acids is 2. The second kappa shape index (κ2) is 9.13. The van der Waals surface area contributed by atoms with E-state index >= 15 is 0 Å². The third-order valence-electron chi connectivity index (χ3n) is 4.94. The minimum absolute atomic E-state index is 0.272. The summed E-state index contributed by atoms with van der Waals surface area (Å²) in [6, 6.07) is 21.9. The molecule has 0 aliphatic rings. The van der Waals surface area contributed by atoms with Gasteiger partial charge in [0.1, 0.15) is 0 Å². The molecule has 0 saturated heterocycles. The smallest absolute Gasteiger partial charge is 0.335 e. The first-order chi connectivity index (χ1) is 14.3. The number of aromatic carboxylic acids is 2. The summed E-state index contributed by atoms with van der Waals surface area (Å²) in [7, 11) is 3.94. The van der Waals surface area contributed by atoms with Crippen molar-refractivity contribution in [2.24, 2.45) is 0 Å². The maximum atomic E-state index is 11.0. The average molecular weight is 404 g/mol. The lowest BCUT2D eigenvalue weighted by Crippen LogP contribution is -2.18. The Bertz CT molecular complexity index is 949. The van der Waals surface area contributed by atoms with E-state index in [0.29, 0.717) is 13.1 Å². The van der Waals surface area contributed by atoms with Crippen molar-refractivity contribution in [2.45, 2.75) is 13.1 Å². The second-order valence-corrected chi connectivity index (χ2v) is 7.24.